The summed E-state index contributed by atoms with van der Waals surface area (Å²) in [5.74, 6) is 0.222. The van der Waals surface area contributed by atoms with E-state index in [2.05, 4.69) is 48.7 Å². The number of halogens is 1. The summed E-state index contributed by atoms with van der Waals surface area (Å²) in [4.78, 5) is 20.4. The molecule has 1 atom stereocenters. The topological polar surface area (TPSA) is 37.6 Å². The van der Waals surface area contributed by atoms with Crippen LogP contribution >= 0.6 is 15.9 Å². The Labute approximate surface area is 180 Å². The van der Waals surface area contributed by atoms with Gasteiger partial charge >= 0.3 is 0 Å². The number of alkyl halides is 1. The van der Waals surface area contributed by atoms with Crippen molar-refractivity contribution in [3.05, 3.63) is 47.2 Å². The van der Waals surface area contributed by atoms with Crippen LogP contribution in [0.2, 0.25) is 0 Å². The minimum Gasteiger partial charge on any atom is -0.347 e. The summed E-state index contributed by atoms with van der Waals surface area (Å²) in [6.45, 7) is 1.87. The molecule has 5 heteroatoms. The van der Waals surface area contributed by atoms with Crippen LogP contribution in [0.4, 0.5) is 0 Å². The lowest BCUT2D eigenvalue weighted by Crippen LogP contribution is -2.43. The molecule has 0 bridgehead atoms. The Balaban J connectivity index is 1.42. The van der Waals surface area contributed by atoms with Crippen LogP contribution in [0.5, 0.6) is 0 Å². The highest BCUT2D eigenvalue weighted by Crippen LogP contribution is 2.38. The molecule has 2 heterocycles. The number of aliphatic imine (C=N–C) groups is 1. The molecule has 2 aromatic rings. The summed E-state index contributed by atoms with van der Waals surface area (Å²) in [7, 11) is 0. The molecule has 1 unspecified atom stereocenters. The van der Waals surface area contributed by atoms with Crippen molar-refractivity contribution in [1.82, 2.24) is 9.47 Å². The first-order valence-electron chi connectivity index (χ1n) is 10.9. The second-order valence-corrected chi connectivity index (χ2v) is 9.38. The summed E-state index contributed by atoms with van der Waals surface area (Å²) < 4.78 is 2.29. The van der Waals surface area contributed by atoms with Crippen molar-refractivity contribution in [2.45, 2.75) is 63.6 Å². The lowest BCUT2D eigenvalue weighted by atomic mass is 9.88. The zero-order valence-electron chi connectivity index (χ0n) is 16.8. The van der Waals surface area contributed by atoms with E-state index >= 15 is 0 Å². The van der Waals surface area contributed by atoms with E-state index in [0.717, 1.165) is 74.3 Å². The smallest absolute Gasteiger partial charge is 0.255 e. The second kappa shape index (κ2) is 8.10. The Hall–Kier alpha value is -1.88. The molecule has 152 valence electrons. The normalized spacial score (nSPS) is 21.1. The minimum absolute atomic E-state index is 0.222. The number of aryl methyl sites for hydroxylation is 1. The van der Waals surface area contributed by atoms with Crippen molar-refractivity contribution in [3.8, 4) is 0 Å². The van der Waals surface area contributed by atoms with Crippen molar-refractivity contribution in [1.29, 1.82) is 0 Å². The number of benzene rings is 1. The third kappa shape index (κ3) is 3.70. The van der Waals surface area contributed by atoms with E-state index in [1.165, 1.54) is 16.7 Å². The summed E-state index contributed by atoms with van der Waals surface area (Å²) >= 11 is 3.51. The molecular formula is C24H28BrN3O. The van der Waals surface area contributed by atoms with Gasteiger partial charge in [0.05, 0.1) is 6.54 Å². The number of fused-ring (bicyclic) bond motifs is 1. The predicted molar refractivity (Wildman–Crippen MR) is 122 cm³/mol. The first-order valence-corrected chi connectivity index (χ1v) is 12.1. The van der Waals surface area contributed by atoms with Gasteiger partial charge in [0.25, 0.3) is 5.91 Å². The third-order valence-corrected chi connectivity index (χ3v) is 7.17. The number of hydrogen-bond acceptors (Lipinski definition) is 2. The van der Waals surface area contributed by atoms with E-state index in [4.69, 9.17) is 0 Å². The number of nitrogens with zero attached hydrogens (tertiary/aromatic N) is 3. The molecule has 2 aliphatic carbocycles. The fraction of sp³-hybridized carbons (Fsp3) is 0.500. The van der Waals surface area contributed by atoms with Crippen molar-refractivity contribution in [2.24, 2.45) is 4.99 Å². The molecule has 1 amide bonds. The largest absolute Gasteiger partial charge is 0.347 e. The van der Waals surface area contributed by atoms with Gasteiger partial charge in [0, 0.05) is 52.8 Å². The standard InChI is InChI=1S/C24H28BrN3O/c25-11-1-2-12-27-13-10-21-22(4-3-5-23(21)27)24(29)28(19-8-9-19)20-7-6-17-15-26-16-18(17)14-20/h3-5,10,13,16,19-20H,1-2,6-9,11-12,14-15H2. The zero-order chi connectivity index (χ0) is 19.8. The van der Waals surface area contributed by atoms with Gasteiger partial charge in [-0.1, -0.05) is 22.0 Å². The van der Waals surface area contributed by atoms with Crippen molar-refractivity contribution >= 4 is 39.0 Å². The van der Waals surface area contributed by atoms with Gasteiger partial charge in [-0.2, -0.15) is 0 Å². The molecule has 0 spiro atoms. The predicted octanol–water partition coefficient (Wildman–Crippen LogP) is 5.35. The van der Waals surface area contributed by atoms with Gasteiger partial charge in [0.15, 0.2) is 0 Å². The number of aromatic nitrogens is 1. The van der Waals surface area contributed by atoms with E-state index in [9.17, 15) is 4.79 Å². The van der Waals surface area contributed by atoms with Gasteiger partial charge in [-0.25, -0.2) is 0 Å². The first-order chi connectivity index (χ1) is 14.3. The van der Waals surface area contributed by atoms with Crippen LogP contribution in [0.25, 0.3) is 10.9 Å². The lowest BCUT2D eigenvalue weighted by molar-refractivity contribution is 0.0647. The Bertz CT molecular complexity index is 985. The zero-order valence-corrected chi connectivity index (χ0v) is 18.4. The summed E-state index contributed by atoms with van der Waals surface area (Å²) in [5, 5.41) is 2.14. The van der Waals surface area contributed by atoms with Crippen LogP contribution in [0.3, 0.4) is 0 Å². The van der Waals surface area contributed by atoms with Gasteiger partial charge in [-0.3, -0.25) is 9.79 Å². The van der Waals surface area contributed by atoms with E-state index in [1.807, 2.05) is 18.3 Å². The van der Waals surface area contributed by atoms with Gasteiger partial charge in [-0.05, 0) is 74.3 Å². The Morgan fingerprint density at radius 3 is 2.90 bits per heavy atom. The van der Waals surface area contributed by atoms with Crippen LogP contribution in [0.15, 0.2) is 46.6 Å². The molecule has 1 aliphatic heterocycles. The SMILES string of the molecule is O=C(c1cccc2c1ccn2CCCCBr)N(C1CC1)C1CCC2=C(C=NC2)C1. The van der Waals surface area contributed by atoms with Gasteiger partial charge in [0.2, 0.25) is 0 Å². The van der Waals surface area contributed by atoms with E-state index < -0.39 is 0 Å². The van der Waals surface area contributed by atoms with E-state index in [0.29, 0.717) is 12.1 Å². The van der Waals surface area contributed by atoms with Crippen LogP contribution in [0.1, 0.15) is 55.3 Å². The molecule has 1 fully saturated rings. The molecule has 29 heavy (non-hydrogen) atoms. The van der Waals surface area contributed by atoms with Crippen LogP contribution in [-0.2, 0) is 6.54 Å². The number of rotatable bonds is 7. The van der Waals surface area contributed by atoms with Crippen LogP contribution in [0, 0.1) is 0 Å². The Morgan fingerprint density at radius 2 is 2.07 bits per heavy atom. The fourth-order valence-electron chi connectivity index (χ4n) is 4.93. The molecule has 3 aliphatic rings. The number of amides is 1. The summed E-state index contributed by atoms with van der Waals surface area (Å²) in [5.41, 5.74) is 4.93. The number of unbranched alkanes of at least 4 members (excludes halogenated alkanes) is 1. The number of hydrogen-bond donors (Lipinski definition) is 0. The van der Waals surface area contributed by atoms with Crippen molar-refractivity contribution < 1.29 is 4.79 Å². The Kier molecular flexibility index (Phi) is 5.33. The quantitative estimate of drug-likeness (QED) is 0.410. The minimum atomic E-state index is 0.222. The summed E-state index contributed by atoms with van der Waals surface area (Å²) in [6.07, 6.45) is 11.9. The Morgan fingerprint density at radius 1 is 1.17 bits per heavy atom. The van der Waals surface area contributed by atoms with Crippen molar-refractivity contribution in [2.75, 3.05) is 11.9 Å². The maximum Gasteiger partial charge on any atom is 0.255 e. The summed E-state index contributed by atoms with van der Waals surface area (Å²) in [6, 6.07) is 9.08. The molecule has 1 aromatic carbocycles. The maximum absolute atomic E-state index is 13.8. The average molecular weight is 454 g/mol. The molecule has 4 nitrogen and oxygen atoms in total. The molecule has 0 radical (unpaired) electrons. The highest BCUT2D eigenvalue weighted by Gasteiger charge is 2.39. The van der Waals surface area contributed by atoms with Crippen LogP contribution in [-0.4, -0.2) is 45.5 Å². The van der Waals surface area contributed by atoms with Gasteiger partial charge in [0.1, 0.15) is 0 Å². The van der Waals surface area contributed by atoms with E-state index in [1.54, 1.807) is 0 Å². The van der Waals surface area contributed by atoms with Gasteiger partial charge in [-0.15, -0.1) is 0 Å². The third-order valence-electron chi connectivity index (χ3n) is 6.61. The molecular weight excluding hydrogens is 426 g/mol. The number of carbonyl (C=O) groups excluding carboxylic acids is 1. The molecule has 1 saturated carbocycles. The fourth-order valence-corrected chi connectivity index (χ4v) is 5.33. The number of carbonyl (C=O) groups is 1. The molecule has 0 saturated heterocycles. The molecule has 5 rings (SSSR count). The molecule has 0 N–H and O–H groups in total. The second-order valence-electron chi connectivity index (χ2n) is 8.58. The van der Waals surface area contributed by atoms with Gasteiger partial charge < -0.3 is 9.47 Å². The monoisotopic (exact) mass is 453 g/mol. The lowest BCUT2D eigenvalue weighted by Gasteiger charge is -2.35. The van der Waals surface area contributed by atoms with Crippen molar-refractivity contribution in [3.63, 3.8) is 0 Å². The van der Waals surface area contributed by atoms with E-state index in [-0.39, 0.29) is 5.91 Å². The molecule has 1 aromatic heterocycles. The average Bonchev–Trinajstić information content (AvgIpc) is 3.30. The maximum atomic E-state index is 13.8. The highest BCUT2D eigenvalue weighted by atomic mass is 79.9. The van der Waals surface area contributed by atoms with Crippen LogP contribution < -0.4 is 0 Å². The highest BCUT2D eigenvalue weighted by molar-refractivity contribution is 9.09. The first kappa shape index (κ1) is 19.1.